The minimum Gasteiger partial charge on any atom is -0.372 e. The second-order valence-electron chi connectivity index (χ2n) is 5.94. The second-order valence-corrected chi connectivity index (χ2v) is 6.86. The minimum atomic E-state index is -0.223. The summed E-state index contributed by atoms with van der Waals surface area (Å²) in [4.78, 5) is 14.5. The highest BCUT2D eigenvalue weighted by Crippen LogP contribution is 2.22. The van der Waals surface area contributed by atoms with Gasteiger partial charge in [-0.05, 0) is 61.2 Å². The molecule has 1 N–H and O–H groups in total. The molecule has 2 aromatic rings. The van der Waals surface area contributed by atoms with E-state index in [1.165, 1.54) is 18.5 Å². The maximum atomic E-state index is 12.0. The van der Waals surface area contributed by atoms with Gasteiger partial charge in [0.1, 0.15) is 0 Å². The fourth-order valence-corrected chi connectivity index (χ4v) is 3.23. The molecule has 24 heavy (non-hydrogen) atoms. The zero-order chi connectivity index (χ0) is 16.9. The summed E-state index contributed by atoms with van der Waals surface area (Å²) in [6.45, 7) is 4.34. The van der Waals surface area contributed by atoms with Gasteiger partial charge >= 0.3 is 0 Å². The Labute approximate surface area is 150 Å². The maximum Gasteiger partial charge on any atom is 0.271 e. The van der Waals surface area contributed by atoms with Crippen molar-refractivity contribution in [2.75, 3.05) is 18.0 Å². The molecule has 1 saturated heterocycles. The Morgan fingerprint density at radius 1 is 1.21 bits per heavy atom. The Morgan fingerprint density at radius 2 is 2.00 bits per heavy atom. The lowest BCUT2D eigenvalue weighted by molar-refractivity contribution is 0.0955. The van der Waals surface area contributed by atoms with Gasteiger partial charge in [0, 0.05) is 28.8 Å². The first-order valence-electron chi connectivity index (χ1n) is 8.08. The van der Waals surface area contributed by atoms with Gasteiger partial charge in [0.2, 0.25) is 0 Å². The molecule has 124 valence electrons. The van der Waals surface area contributed by atoms with Crippen molar-refractivity contribution in [2.45, 2.75) is 19.8 Å². The maximum absolute atomic E-state index is 12.0. The third-order valence-electron chi connectivity index (χ3n) is 4.18. The third-order valence-corrected chi connectivity index (χ3v) is 4.67. The molecule has 0 unspecified atom stereocenters. The number of benzene rings is 2. The summed E-state index contributed by atoms with van der Waals surface area (Å²) in [5.74, 6) is -0.223. The summed E-state index contributed by atoms with van der Waals surface area (Å²) in [7, 11) is 0. The van der Waals surface area contributed by atoms with Crippen LogP contribution in [0.1, 0.15) is 34.3 Å². The van der Waals surface area contributed by atoms with Crippen LogP contribution in [0.25, 0.3) is 0 Å². The Bertz CT molecular complexity index is 767. The van der Waals surface area contributed by atoms with Crippen LogP contribution in [0.4, 0.5) is 5.69 Å². The van der Waals surface area contributed by atoms with Gasteiger partial charge in [-0.15, -0.1) is 0 Å². The number of hydrogen-bond donors (Lipinski definition) is 1. The van der Waals surface area contributed by atoms with Crippen LogP contribution < -0.4 is 10.3 Å². The van der Waals surface area contributed by atoms with Crippen LogP contribution in [0.3, 0.4) is 0 Å². The van der Waals surface area contributed by atoms with Crippen molar-refractivity contribution in [3.8, 4) is 0 Å². The molecule has 3 rings (SSSR count). The topological polar surface area (TPSA) is 44.7 Å². The van der Waals surface area contributed by atoms with Crippen LogP contribution in [0.15, 0.2) is 52.0 Å². The van der Waals surface area contributed by atoms with Crippen LogP contribution in [-0.4, -0.2) is 25.2 Å². The van der Waals surface area contributed by atoms with Crippen LogP contribution >= 0.6 is 15.9 Å². The van der Waals surface area contributed by atoms with Gasteiger partial charge in [0.05, 0.1) is 6.21 Å². The molecule has 1 aliphatic heterocycles. The molecular weight excluding hydrogens is 366 g/mol. The first-order chi connectivity index (χ1) is 11.6. The third kappa shape index (κ3) is 4.03. The van der Waals surface area contributed by atoms with E-state index in [-0.39, 0.29) is 5.91 Å². The Morgan fingerprint density at radius 3 is 2.71 bits per heavy atom. The first kappa shape index (κ1) is 16.7. The molecule has 1 amide bonds. The molecule has 0 aliphatic carbocycles. The molecule has 0 aromatic heterocycles. The van der Waals surface area contributed by atoms with E-state index >= 15 is 0 Å². The number of nitrogens with zero attached hydrogens (tertiary/aromatic N) is 2. The predicted molar refractivity (Wildman–Crippen MR) is 102 cm³/mol. The molecule has 2 aromatic carbocycles. The van der Waals surface area contributed by atoms with E-state index in [1.807, 2.05) is 12.1 Å². The smallest absolute Gasteiger partial charge is 0.271 e. The summed E-state index contributed by atoms with van der Waals surface area (Å²) in [5, 5.41) is 4.08. The van der Waals surface area contributed by atoms with E-state index in [0.29, 0.717) is 5.56 Å². The van der Waals surface area contributed by atoms with E-state index in [9.17, 15) is 4.79 Å². The molecular formula is C19H20BrN3O. The zero-order valence-electron chi connectivity index (χ0n) is 13.6. The quantitative estimate of drug-likeness (QED) is 0.635. The number of amides is 1. The average Bonchev–Trinajstić information content (AvgIpc) is 3.10. The predicted octanol–water partition coefficient (Wildman–Crippen LogP) is 4.12. The van der Waals surface area contributed by atoms with Crippen LogP contribution in [0.5, 0.6) is 0 Å². The van der Waals surface area contributed by atoms with E-state index in [2.05, 4.69) is 56.5 Å². The summed E-state index contributed by atoms with van der Waals surface area (Å²) >= 11 is 3.36. The van der Waals surface area contributed by atoms with E-state index in [4.69, 9.17) is 0 Å². The van der Waals surface area contributed by atoms with E-state index in [0.717, 1.165) is 28.7 Å². The van der Waals surface area contributed by atoms with E-state index in [1.54, 1.807) is 18.3 Å². The molecule has 0 spiro atoms. The fourth-order valence-electron chi connectivity index (χ4n) is 2.83. The van der Waals surface area contributed by atoms with Crippen LogP contribution in [0, 0.1) is 6.92 Å². The molecule has 0 radical (unpaired) electrons. The van der Waals surface area contributed by atoms with Crippen molar-refractivity contribution in [2.24, 2.45) is 5.10 Å². The van der Waals surface area contributed by atoms with E-state index < -0.39 is 0 Å². The van der Waals surface area contributed by atoms with Crippen LogP contribution in [-0.2, 0) is 0 Å². The molecule has 1 aliphatic rings. The lowest BCUT2D eigenvalue weighted by Crippen LogP contribution is -2.18. The highest BCUT2D eigenvalue weighted by Gasteiger charge is 2.12. The molecule has 0 bridgehead atoms. The van der Waals surface area contributed by atoms with Crippen molar-refractivity contribution < 1.29 is 4.79 Å². The SMILES string of the molecule is Cc1cc(N2CCCC2)ccc1/C=N\NC(=O)c1cccc(Br)c1. The summed E-state index contributed by atoms with van der Waals surface area (Å²) in [5.41, 5.74) is 6.57. The van der Waals surface area contributed by atoms with Gasteiger partial charge in [-0.2, -0.15) is 5.10 Å². The van der Waals surface area contributed by atoms with Gasteiger partial charge in [-0.3, -0.25) is 4.79 Å². The Hall–Kier alpha value is -2.14. The van der Waals surface area contributed by atoms with Gasteiger partial charge in [-0.1, -0.05) is 28.1 Å². The van der Waals surface area contributed by atoms with Crippen LogP contribution in [0.2, 0.25) is 0 Å². The largest absolute Gasteiger partial charge is 0.372 e. The van der Waals surface area contributed by atoms with Gasteiger partial charge in [0.15, 0.2) is 0 Å². The summed E-state index contributed by atoms with van der Waals surface area (Å²) in [6, 6.07) is 13.6. The Kier molecular flexibility index (Phi) is 5.30. The van der Waals surface area contributed by atoms with Crippen molar-refractivity contribution in [3.05, 3.63) is 63.6 Å². The lowest BCUT2D eigenvalue weighted by Gasteiger charge is -2.18. The number of anilines is 1. The van der Waals surface area contributed by atoms with Crippen molar-refractivity contribution in [1.82, 2.24) is 5.43 Å². The number of nitrogens with one attached hydrogen (secondary N) is 1. The van der Waals surface area contributed by atoms with Gasteiger partial charge < -0.3 is 4.90 Å². The Balaban J connectivity index is 1.65. The highest BCUT2D eigenvalue weighted by atomic mass is 79.9. The minimum absolute atomic E-state index is 0.223. The second kappa shape index (κ2) is 7.62. The zero-order valence-corrected chi connectivity index (χ0v) is 15.2. The average molecular weight is 386 g/mol. The number of carbonyl (C=O) groups excluding carboxylic acids is 1. The standard InChI is InChI=1S/C19H20BrN3O/c1-14-11-18(23-9-2-3-10-23)8-7-16(14)13-21-22-19(24)15-5-4-6-17(20)12-15/h4-8,11-13H,2-3,9-10H2,1H3,(H,22,24)/b21-13-. The molecule has 5 heteroatoms. The fraction of sp³-hybridized carbons (Fsp3) is 0.263. The van der Waals surface area contributed by atoms with Crippen molar-refractivity contribution in [3.63, 3.8) is 0 Å². The number of carbonyl (C=O) groups is 1. The number of halogens is 1. The first-order valence-corrected chi connectivity index (χ1v) is 8.87. The van der Waals surface area contributed by atoms with Gasteiger partial charge in [-0.25, -0.2) is 5.43 Å². The van der Waals surface area contributed by atoms with Crippen molar-refractivity contribution >= 4 is 33.7 Å². The lowest BCUT2D eigenvalue weighted by atomic mass is 10.1. The molecule has 4 nitrogen and oxygen atoms in total. The normalized spacial score (nSPS) is 14.3. The monoisotopic (exact) mass is 385 g/mol. The number of rotatable bonds is 4. The number of aryl methyl sites for hydroxylation is 1. The molecule has 0 atom stereocenters. The number of hydrogen-bond acceptors (Lipinski definition) is 3. The number of hydrazone groups is 1. The molecule has 1 fully saturated rings. The molecule has 1 heterocycles. The summed E-state index contributed by atoms with van der Waals surface area (Å²) < 4.78 is 0.868. The summed E-state index contributed by atoms with van der Waals surface area (Å²) in [6.07, 6.45) is 4.23. The highest BCUT2D eigenvalue weighted by molar-refractivity contribution is 9.10. The van der Waals surface area contributed by atoms with Gasteiger partial charge in [0.25, 0.3) is 5.91 Å². The van der Waals surface area contributed by atoms with Crippen molar-refractivity contribution in [1.29, 1.82) is 0 Å². The molecule has 0 saturated carbocycles.